The SMILES string of the molecule is CCCOc1ccc(/C(O)=C2/C(=O)C(=O)N(C3CCCC3)C2c2ccc(OC)c(OC)c2)cc1C. The Hall–Kier alpha value is -3.48. The highest BCUT2D eigenvalue weighted by atomic mass is 16.5. The maximum Gasteiger partial charge on any atom is 0.295 e. The van der Waals surface area contributed by atoms with Gasteiger partial charge in [0.1, 0.15) is 11.5 Å². The van der Waals surface area contributed by atoms with Crippen molar-refractivity contribution in [2.75, 3.05) is 20.8 Å². The topological polar surface area (TPSA) is 85.3 Å². The molecule has 0 bridgehead atoms. The number of aryl methyl sites for hydroxylation is 1. The number of amides is 1. The molecule has 4 rings (SSSR count). The zero-order chi connectivity index (χ0) is 25.1. The molecule has 2 aromatic rings. The van der Waals surface area contributed by atoms with Gasteiger partial charge in [0.2, 0.25) is 0 Å². The Labute approximate surface area is 206 Å². The summed E-state index contributed by atoms with van der Waals surface area (Å²) in [4.78, 5) is 28.3. The van der Waals surface area contributed by atoms with Crippen molar-refractivity contribution in [3.05, 3.63) is 58.7 Å². The summed E-state index contributed by atoms with van der Waals surface area (Å²) in [5.41, 5.74) is 2.10. The summed E-state index contributed by atoms with van der Waals surface area (Å²) in [6, 6.07) is 9.88. The second kappa shape index (κ2) is 10.4. The summed E-state index contributed by atoms with van der Waals surface area (Å²) in [5, 5.41) is 11.4. The number of nitrogens with zero attached hydrogens (tertiary/aromatic N) is 1. The zero-order valence-electron chi connectivity index (χ0n) is 20.8. The van der Waals surface area contributed by atoms with Gasteiger partial charge >= 0.3 is 0 Å². The van der Waals surface area contributed by atoms with E-state index >= 15 is 0 Å². The lowest BCUT2D eigenvalue weighted by Gasteiger charge is -2.31. The van der Waals surface area contributed by atoms with Crippen LogP contribution < -0.4 is 14.2 Å². The lowest BCUT2D eigenvalue weighted by Crippen LogP contribution is -2.37. The second-order valence-electron chi connectivity index (χ2n) is 9.09. The first-order valence-electron chi connectivity index (χ1n) is 12.2. The Morgan fingerprint density at radius 3 is 2.31 bits per heavy atom. The first-order chi connectivity index (χ1) is 16.9. The van der Waals surface area contributed by atoms with Crippen molar-refractivity contribution in [3.8, 4) is 17.2 Å². The first kappa shape index (κ1) is 24.6. The molecule has 0 radical (unpaired) electrons. The van der Waals surface area contributed by atoms with E-state index in [1.165, 1.54) is 0 Å². The number of benzene rings is 2. The van der Waals surface area contributed by atoms with E-state index < -0.39 is 17.7 Å². The third-order valence-electron chi connectivity index (χ3n) is 6.83. The van der Waals surface area contributed by atoms with Gasteiger partial charge in [-0.3, -0.25) is 9.59 Å². The van der Waals surface area contributed by atoms with Crippen LogP contribution in [0.1, 0.15) is 61.8 Å². The van der Waals surface area contributed by atoms with Crippen molar-refractivity contribution in [1.29, 1.82) is 0 Å². The third kappa shape index (κ3) is 4.59. The number of aliphatic hydroxyl groups is 1. The third-order valence-corrected chi connectivity index (χ3v) is 6.83. The van der Waals surface area contributed by atoms with Crippen LogP contribution in [0.3, 0.4) is 0 Å². The smallest absolute Gasteiger partial charge is 0.295 e. The summed E-state index contributed by atoms with van der Waals surface area (Å²) < 4.78 is 16.6. The molecule has 1 aliphatic carbocycles. The normalized spacial score (nSPS) is 19.9. The minimum absolute atomic E-state index is 0.0543. The predicted octanol–water partition coefficient (Wildman–Crippen LogP) is 5.17. The van der Waals surface area contributed by atoms with Gasteiger partial charge < -0.3 is 24.2 Å². The van der Waals surface area contributed by atoms with Gasteiger partial charge in [0.05, 0.1) is 32.4 Å². The maximum absolute atomic E-state index is 13.4. The van der Waals surface area contributed by atoms with Crippen LogP contribution in [0.25, 0.3) is 5.76 Å². The van der Waals surface area contributed by atoms with Gasteiger partial charge in [0, 0.05) is 11.6 Å². The fourth-order valence-corrected chi connectivity index (χ4v) is 5.09. The van der Waals surface area contributed by atoms with Gasteiger partial charge in [-0.05, 0) is 67.6 Å². The number of methoxy groups -OCH3 is 2. The van der Waals surface area contributed by atoms with Crippen molar-refractivity contribution < 1.29 is 28.9 Å². The molecule has 1 atom stereocenters. The minimum atomic E-state index is -0.714. The number of rotatable bonds is 8. The van der Waals surface area contributed by atoms with Crippen molar-refractivity contribution in [3.63, 3.8) is 0 Å². The Kier molecular flexibility index (Phi) is 7.34. The highest BCUT2D eigenvalue weighted by Gasteiger charge is 2.49. The van der Waals surface area contributed by atoms with E-state index in [0.29, 0.717) is 29.2 Å². The fourth-order valence-electron chi connectivity index (χ4n) is 5.09. The molecule has 1 unspecified atom stereocenters. The number of likely N-dealkylation sites (tertiary alicyclic amines) is 1. The van der Waals surface area contributed by atoms with Gasteiger partial charge in [0.25, 0.3) is 11.7 Å². The number of carbonyl (C=O) groups excluding carboxylic acids is 2. The average molecular weight is 480 g/mol. The van der Waals surface area contributed by atoms with E-state index in [1.807, 2.05) is 19.9 Å². The van der Waals surface area contributed by atoms with Crippen LogP contribution in [0.15, 0.2) is 42.0 Å². The number of Topliss-reactive ketones (excluding diaryl/α,β-unsaturated/α-hetero) is 1. The molecule has 186 valence electrons. The predicted molar refractivity (Wildman–Crippen MR) is 133 cm³/mol. The van der Waals surface area contributed by atoms with Crippen molar-refractivity contribution >= 4 is 17.4 Å². The quantitative estimate of drug-likeness (QED) is 0.320. The molecule has 0 spiro atoms. The summed E-state index contributed by atoms with van der Waals surface area (Å²) in [7, 11) is 3.10. The van der Waals surface area contributed by atoms with Crippen molar-refractivity contribution in [2.24, 2.45) is 0 Å². The number of ketones is 1. The van der Waals surface area contributed by atoms with E-state index in [1.54, 1.807) is 49.5 Å². The number of aliphatic hydroxyl groups excluding tert-OH is 1. The van der Waals surface area contributed by atoms with Crippen LogP contribution in [-0.4, -0.2) is 48.6 Å². The Morgan fingerprint density at radius 2 is 1.69 bits per heavy atom. The molecule has 7 nitrogen and oxygen atoms in total. The van der Waals surface area contributed by atoms with Gasteiger partial charge in [-0.15, -0.1) is 0 Å². The van der Waals surface area contributed by atoms with Crippen LogP contribution in [0.4, 0.5) is 0 Å². The minimum Gasteiger partial charge on any atom is -0.507 e. The van der Waals surface area contributed by atoms with Crippen molar-refractivity contribution in [1.82, 2.24) is 4.90 Å². The molecule has 1 saturated carbocycles. The highest BCUT2D eigenvalue weighted by Crippen LogP contribution is 2.45. The Morgan fingerprint density at radius 1 is 1.00 bits per heavy atom. The van der Waals surface area contributed by atoms with E-state index in [4.69, 9.17) is 14.2 Å². The van der Waals surface area contributed by atoms with Crippen LogP contribution in [0.2, 0.25) is 0 Å². The molecular weight excluding hydrogens is 446 g/mol. The van der Waals surface area contributed by atoms with Crippen molar-refractivity contribution in [2.45, 2.75) is 58.0 Å². The molecule has 1 N–H and O–H groups in total. The number of carbonyl (C=O) groups is 2. The number of hydrogen-bond donors (Lipinski definition) is 1. The van der Waals surface area contributed by atoms with Crippen LogP contribution in [0, 0.1) is 6.92 Å². The van der Waals surface area contributed by atoms with Crippen LogP contribution in [0.5, 0.6) is 17.2 Å². The maximum atomic E-state index is 13.4. The van der Waals surface area contributed by atoms with Gasteiger partial charge in [-0.25, -0.2) is 0 Å². The number of hydrogen-bond acceptors (Lipinski definition) is 6. The summed E-state index contributed by atoms with van der Waals surface area (Å²) in [6.07, 6.45) is 4.56. The molecule has 1 amide bonds. The van der Waals surface area contributed by atoms with E-state index in [0.717, 1.165) is 43.4 Å². The molecule has 2 aromatic carbocycles. The second-order valence-corrected chi connectivity index (χ2v) is 9.09. The Balaban J connectivity index is 1.85. The summed E-state index contributed by atoms with van der Waals surface area (Å²) in [6.45, 7) is 4.52. The summed E-state index contributed by atoms with van der Waals surface area (Å²) >= 11 is 0. The van der Waals surface area contributed by atoms with Gasteiger partial charge in [-0.1, -0.05) is 25.8 Å². The average Bonchev–Trinajstić information content (AvgIpc) is 3.49. The molecule has 35 heavy (non-hydrogen) atoms. The first-order valence-corrected chi connectivity index (χ1v) is 12.2. The van der Waals surface area contributed by atoms with E-state index in [2.05, 4.69) is 0 Å². The fraction of sp³-hybridized carbons (Fsp3) is 0.429. The van der Waals surface area contributed by atoms with Crippen LogP contribution in [-0.2, 0) is 9.59 Å². The largest absolute Gasteiger partial charge is 0.507 e. The highest BCUT2D eigenvalue weighted by molar-refractivity contribution is 6.46. The zero-order valence-corrected chi connectivity index (χ0v) is 20.8. The molecule has 7 heteroatoms. The molecule has 2 aliphatic rings. The molecule has 1 saturated heterocycles. The molecule has 2 fully saturated rings. The standard InChI is InChI=1S/C28H33NO6/c1-5-14-35-21-12-11-19(15-17(21)2)26(30)24-25(18-10-13-22(33-3)23(16-18)34-4)29(28(32)27(24)31)20-8-6-7-9-20/h10-13,15-16,20,25,30H,5-9,14H2,1-4H3/b26-24-. The lowest BCUT2D eigenvalue weighted by molar-refractivity contribution is -0.141. The molecule has 1 heterocycles. The van der Waals surface area contributed by atoms with E-state index in [-0.39, 0.29) is 17.4 Å². The summed E-state index contributed by atoms with van der Waals surface area (Å²) in [5.74, 6) is 0.346. The van der Waals surface area contributed by atoms with Gasteiger partial charge in [0.15, 0.2) is 11.5 Å². The number of ether oxygens (including phenoxy) is 3. The molecular formula is C28H33NO6. The lowest BCUT2D eigenvalue weighted by atomic mass is 9.94. The van der Waals surface area contributed by atoms with Gasteiger partial charge in [-0.2, -0.15) is 0 Å². The van der Waals surface area contributed by atoms with E-state index in [9.17, 15) is 14.7 Å². The molecule has 0 aromatic heterocycles. The molecule has 1 aliphatic heterocycles. The van der Waals surface area contributed by atoms with Crippen LogP contribution >= 0.6 is 0 Å². The monoisotopic (exact) mass is 479 g/mol. The Bertz CT molecular complexity index is 1150.